The zero-order chi connectivity index (χ0) is 11.2. The quantitative estimate of drug-likeness (QED) is 0.603. The molecule has 0 saturated carbocycles. The van der Waals surface area contributed by atoms with Gasteiger partial charge in [0.25, 0.3) is 0 Å². The molecule has 2 heterocycles. The van der Waals surface area contributed by atoms with Crippen molar-refractivity contribution in [3.05, 3.63) is 12.4 Å². The van der Waals surface area contributed by atoms with Gasteiger partial charge in [-0.15, -0.1) is 11.8 Å². The van der Waals surface area contributed by atoms with Gasteiger partial charge in [0, 0.05) is 12.6 Å². The Labute approximate surface area is 101 Å². The highest BCUT2D eigenvalue weighted by Crippen LogP contribution is 2.15. The highest BCUT2D eigenvalue weighted by atomic mass is 32.2. The Bertz CT molecular complexity index is 326. The summed E-state index contributed by atoms with van der Waals surface area (Å²) in [5, 5.41) is 7.75. The van der Waals surface area contributed by atoms with Crippen LogP contribution in [-0.2, 0) is 0 Å². The molecule has 0 aliphatic carbocycles. The summed E-state index contributed by atoms with van der Waals surface area (Å²) in [7, 11) is 0. The van der Waals surface area contributed by atoms with Crippen molar-refractivity contribution in [2.24, 2.45) is 5.92 Å². The van der Waals surface area contributed by atoms with Crippen LogP contribution in [0.1, 0.15) is 12.8 Å². The first-order chi connectivity index (χ1) is 7.88. The first-order valence-electron chi connectivity index (χ1n) is 5.69. The molecular weight excluding hydrogens is 220 g/mol. The Morgan fingerprint density at radius 2 is 2.50 bits per heavy atom. The van der Waals surface area contributed by atoms with Gasteiger partial charge < -0.3 is 10.6 Å². The molecule has 0 amide bonds. The van der Waals surface area contributed by atoms with Gasteiger partial charge in [0.2, 0.25) is 0 Å². The maximum absolute atomic E-state index is 4.20. The van der Waals surface area contributed by atoms with E-state index >= 15 is 0 Å². The smallest absolute Gasteiger partial charge is 0.130 e. The molecule has 1 aliphatic heterocycles. The van der Waals surface area contributed by atoms with Crippen molar-refractivity contribution in [3.8, 4) is 0 Å². The van der Waals surface area contributed by atoms with Crippen LogP contribution in [0.15, 0.2) is 17.4 Å². The molecule has 0 radical (unpaired) electrons. The first kappa shape index (κ1) is 11.7. The number of aromatic nitrogens is 2. The fraction of sp³-hybridized carbons (Fsp3) is 0.636. The average Bonchev–Trinajstić information content (AvgIpc) is 2.82. The van der Waals surface area contributed by atoms with Crippen LogP contribution < -0.4 is 10.6 Å². The molecule has 1 saturated heterocycles. The number of nitrogens with one attached hydrogen (secondary N) is 2. The van der Waals surface area contributed by atoms with Crippen LogP contribution in [-0.4, -0.2) is 35.9 Å². The summed E-state index contributed by atoms with van der Waals surface area (Å²) in [5.74, 6) is 1.76. The van der Waals surface area contributed by atoms with Crippen LogP contribution in [0, 0.1) is 5.92 Å². The van der Waals surface area contributed by atoms with Crippen LogP contribution in [0.25, 0.3) is 0 Å². The number of hydrogen-bond acceptors (Lipinski definition) is 5. The summed E-state index contributed by atoms with van der Waals surface area (Å²) in [5.41, 5.74) is 0. The molecule has 2 N–H and O–H groups in total. The normalized spacial score (nSPS) is 19.9. The number of thioether (sulfide) groups is 1. The van der Waals surface area contributed by atoms with E-state index in [0.717, 1.165) is 23.3 Å². The molecule has 16 heavy (non-hydrogen) atoms. The Balaban J connectivity index is 1.75. The van der Waals surface area contributed by atoms with Gasteiger partial charge in [-0.1, -0.05) is 0 Å². The highest BCUT2D eigenvalue weighted by Gasteiger charge is 2.13. The van der Waals surface area contributed by atoms with Gasteiger partial charge in [0.1, 0.15) is 17.2 Å². The summed E-state index contributed by atoms with van der Waals surface area (Å²) in [6.45, 7) is 3.34. The fourth-order valence-corrected chi connectivity index (χ4v) is 2.29. The lowest BCUT2D eigenvalue weighted by Crippen LogP contribution is -2.13. The van der Waals surface area contributed by atoms with E-state index in [9.17, 15) is 0 Å². The lowest BCUT2D eigenvalue weighted by Gasteiger charge is -2.09. The summed E-state index contributed by atoms with van der Waals surface area (Å²) >= 11 is 1.64. The molecule has 1 unspecified atom stereocenters. The van der Waals surface area contributed by atoms with Crippen molar-refractivity contribution in [2.75, 3.05) is 31.2 Å². The molecule has 2 rings (SSSR count). The fourth-order valence-electron chi connectivity index (χ4n) is 1.91. The molecular formula is C11H18N4S. The third kappa shape index (κ3) is 3.35. The van der Waals surface area contributed by atoms with Crippen molar-refractivity contribution >= 4 is 17.6 Å². The van der Waals surface area contributed by atoms with E-state index in [1.807, 2.05) is 12.3 Å². The van der Waals surface area contributed by atoms with Crippen LogP contribution in [0.4, 0.5) is 5.82 Å². The average molecular weight is 238 g/mol. The highest BCUT2D eigenvalue weighted by molar-refractivity contribution is 7.98. The predicted molar refractivity (Wildman–Crippen MR) is 67.9 cm³/mol. The van der Waals surface area contributed by atoms with Crippen molar-refractivity contribution in [3.63, 3.8) is 0 Å². The topological polar surface area (TPSA) is 49.8 Å². The van der Waals surface area contributed by atoms with Crippen LogP contribution in [0.2, 0.25) is 0 Å². The molecule has 88 valence electrons. The third-order valence-electron chi connectivity index (χ3n) is 2.87. The number of hydrogen-bond donors (Lipinski definition) is 2. The minimum absolute atomic E-state index is 0.828. The van der Waals surface area contributed by atoms with E-state index in [1.165, 1.54) is 25.9 Å². The predicted octanol–water partition coefficient (Wildman–Crippen LogP) is 1.61. The van der Waals surface area contributed by atoms with E-state index in [-0.39, 0.29) is 0 Å². The van der Waals surface area contributed by atoms with Gasteiger partial charge >= 0.3 is 0 Å². The Kier molecular flexibility index (Phi) is 4.42. The van der Waals surface area contributed by atoms with E-state index < -0.39 is 0 Å². The zero-order valence-corrected chi connectivity index (χ0v) is 10.4. The van der Waals surface area contributed by atoms with Crippen molar-refractivity contribution in [1.82, 2.24) is 15.3 Å². The van der Waals surface area contributed by atoms with Crippen molar-refractivity contribution < 1.29 is 0 Å². The molecule has 1 aromatic heterocycles. The lowest BCUT2D eigenvalue weighted by atomic mass is 10.1. The van der Waals surface area contributed by atoms with Gasteiger partial charge in [0.05, 0.1) is 0 Å². The Hall–Kier alpha value is -0.810. The second-order valence-corrected chi connectivity index (χ2v) is 4.85. The van der Waals surface area contributed by atoms with Gasteiger partial charge in [-0.05, 0) is 38.1 Å². The molecule has 1 fully saturated rings. The zero-order valence-electron chi connectivity index (χ0n) is 9.57. The molecule has 0 aromatic carbocycles. The summed E-state index contributed by atoms with van der Waals surface area (Å²) in [6.07, 6.45) is 6.16. The maximum atomic E-state index is 4.20. The Morgan fingerprint density at radius 1 is 1.56 bits per heavy atom. The minimum Gasteiger partial charge on any atom is -0.370 e. The summed E-state index contributed by atoms with van der Waals surface area (Å²) in [4.78, 5) is 8.35. The number of rotatable bonds is 5. The molecule has 0 bridgehead atoms. The first-order valence-corrected chi connectivity index (χ1v) is 6.91. The van der Waals surface area contributed by atoms with Crippen LogP contribution in [0.3, 0.4) is 0 Å². The molecule has 1 atom stereocenters. The van der Waals surface area contributed by atoms with Gasteiger partial charge in [0.15, 0.2) is 0 Å². The van der Waals surface area contributed by atoms with Gasteiger partial charge in [-0.3, -0.25) is 0 Å². The standard InChI is InChI=1S/C11H18N4S/c1-16-11-6-10(14-8-15-11)13-5-3-9-2-4-12-7-9/h6,8-9,12H,2-5,7H2,1H3,(H,13,14,15). The lowest BCUT2D eigenvalue weighted by molar-refractivity contribution is 0.549. The molecule has 4 nitrogen and oxygen atoms in total. The van der Waals surface area contributed by atoms with Crippen molar-refractivity contribution in [1.29, 1.82) is 0 Å². The minimum atomic E-state index is 0.828. The monoisotopic (exact) mass is 238 g/mol. The third-order valence-corrected chi connectivity index (χ3v) is 3.51. The second kappa shape index (κ2) is 6.06. The van der Waals surface area contributed by atoms with E-state index in [4.69, 9.17) is 0 Å². The Morgan fingerprint density at radius 3 is 3.25 bits per heavy atom. The molecule has 1 aliphatic rings. The largest absolute Gasteiger partial charge is 0.370 e. The molecule has 1 aromatic rings. The van der Waals surface area contributed by atoms with Gasteiger partial charge in [-0.25, -0.2) is 9.97 Å². The molecule has 5 heteroatoms. The second-order valence-electron chi connectivity index (χ2n) is 4.02. The number of anilines is 1. The van der Waals surface area contributed by atoms with Crippen LogP contribution >= 0.6 is 11.8 Å². The van der Waals surface area contributed by atoms with E-state index in [2.05, 4.69) is 20.6 Å². The van der Waals surface area contributed by atoms with Gasteiger partial charge in [-0.2, -0.15) is 0 Å². The summed E-state index contributed by atoms with van der Waals surface area (Å²) < 4.78 is 0. The van der Waals surface area contributed by atoms with Crippen LogP contribution in [0.5, 0.6) is 0 Å². The molecule has 0 spiro atoms. The van der Waals surface area contributed by atoms with E-state index in [1.54, 1.807) is 18.1 Å². The maximum Gasteiger partial charge on any atom is 0.130 e. The van der Waals surface area contributed by atoms with E-state index in [0.29, 0.717) is 0 Å². The SMILES string of the molecule is CSc1cc(NCCC2CCNC2)ncn1. The summed E-state index contributed by atoms with van der Waals surface area (Å²) in [6, 6.07) is 2.00. The van der Waals surface area contributed by atoms with Crippen molar-refractivity contribution in [2.45, 2.75) is 17.9 Å². The number of nitrogens with zero attached hydrogens (tertiary/aromatic N) is 2.